The number of carbonyl (C=O) groups excluding carboxylic acids is 2. The Bertz CT molecular complexity index is 817. The first-order valence-electron chi connectivity index (χ1n) is 9.48. The summed E-state index contributed by atoms with van der Waals surface area (Å²) in [5, 5.41) is 0. The van der Waals surface area contributed by atoms with Crippen molar-refractivity contribution in [3.63, 3.8) is 0 Å². The van der Waals surface area contributed by atoms with Gasteiger partial charge >= 0.3 is 0 Å². The van der Waals surface area contributed by atoms with E-state index in [1.54, 1.807) is 29.2 Å². The summed E-state index contributed by atoms with van der Waals surface area (Å²) in [6.07, 6.45) is 3.79. The van der Waals surface area contributed by atoms with Crippen molar-refractivity contribution in [2.45, 2.75) is 33.1 Å². The smallest absolute Gasteiger partial charge is 0.255 e. The first kappa shape index (κ1) is 19.2. The van der Waals surface area contributed by atoms with E-state index < -0.39 is 0 Å². The number of hydrogen-bond acceptors (Lipinski definition) is 3. The number of aromatic nitrogens is 1. The van der Waals surface area contributed by atoms with Crippen molar-refractivity contribution in [1.29, 1.82) is 0 Å². The molecule has 1 saturated heterocycles. The Kier molecular flexibility index (Phi) is 5.99. The van der Waals surface area contributed by atoms with E-state index in [1.165, 1.54) is 18.3 Å². The van der Waals surface area contributed by atoms with Crippen molar-refractivity contribution >= 4 is 11.7 Å². The number of Topliss-reactive ketones (excluding diaryl/α,β-unsaturated/α-hetero) is 1. The van der Waals surface area contributed by atoms with Crippen LogP contribution in [0.3, 0.4) is 0 Å². The molecule has 3 rings (SSSR count). The Morgan fingerprint density at radius 2 is 2.07 bits per heavy atom. The Hall–Kier alpha value is -2.56. The lowest BCUT2D eigenvalue weighted by atomic mass is 9.89. The predicted octanol–water partition coefficient (Wildman–Crippen LogP) is 4.36. The molecule has 5 heteroatoms. The second-order valence-corrected chi connectivity index (χ2v) is 7.60. The van der Waals surface area contributed by atoms with Crippen LogP contribution < -0.4 is 0 Å². The number of halogens is 1. The van der Waals surface area contributed by atoms with Gasteiger partial charge in [0.05, 0.1) is 11.3 Å². The number of hydrogen-bond donors (Lipinski definition) is 0. The maximum absolute atomic E-state index is 13.4. The van der Waals surface area contributed by atoms with E-state index in [-0.39, 0.29) is 23.4 Å². The van der Waals surface area contributed by atoms with Crippen molar-refractivity contribution in [3.05, 3.63) is 54.0 Å². The highest BCUT2D eigenvalue weighted by molar-refractivity contribution is 5.94. The molecule has 1 fully saturated rings. The van der Waals surface area contributed by atoms with Crippen LogP contribution in [0.15, 0.2) is 42.6 Å². The molecule has 0 saturated carbocycles. The van der Waals surface area contributed by atoms with E-state index in [1.807, 2.05) is 13.8 Å². The normalized spacial score (nSPS) is 17.2. The van der Waals surface area contributed by atoms with Gasteiger partial charge in [-0.05, 0) is 43.0 Å². The van der Waals surface area contributed by atoms with E-state index >= 15 is 0 Å². The third-order valence-electron chi connectivity index (χ3n) is 4.90. The number of pyridine rings is 1. The van der Waals surface area contributed by atoms with Gasteiger partial charge in [0.1, 0.15) is 11.6 Å². The first-order valence-corrected chi connectivity index (χ1v) is 9.48. The number of piperidine rings is 1. The van der Waals surface area contributed by atoms with Crippen LogP contribution in [0.4, 0.5) is 4.39 Å². The summed E-state index contributed by atoms with van der Waals surface area (Å²) >= 11 is 0. The van der Waals surface area contributed by atoms with E-state index in [4.69, 9.17) is 0 Å². The highest BCUT2D eigenvalue weighted by Gasteiger charge is 2.29. The van der Waals surface area contributed by atoms with E-state index in [0.29, 0.717) is 42.2 Å². The molecule has 4 nitrogen and oxygen atoms in total. The minimum atomic E-state index is -0.320. The molecule has 1 atom stereocenters. The zero-order valence-corrected chi connectivity index (χ0v) is 15.8. The summed E-state index contributed by atoms with van der Waals surface area (Å²) in [5.74, 6) is 0.102. The van der Waals surface area contributed by atoms with Crippen molar-refractivity contribution < 1.29 is 14.0 Å². The van der Waals surface area contributed by atoms with Gasteiger partial charge in [-0.25, -0.2) is 4.39 Å². The number of ketones is 1. The summed E-state index contributed by atoms with van der Waals surface area (Å²) in [5.41, 5.74) is 1.79. The summed E-state index contributed by atoms with van der Waals surface area (Å²) < 4.78 is 13.4. The van der Waals surface area contributed by atoms with E-state index in [9.17, 15) is 14.0 Å². The van der Waals surface area contributed by atoms with Crippen molar-refractivity contribution in [2.24, 2.45) is 11.8 Å². The largest absolute Gasteiger partial charge is 0.338 e. The molecular weight excluding hydrogens is 343 g/mol. The lowest BCUT2D eigenvalue weighted by Crippen LogP contribution is -2.42. The van der Waals surface area contributed by atoms with Crippen LogP contribution in [0.1, 0.15) is 43.5 Å². The van der Waals surface area contributed by atoms with Gasteiger partial charge in [0.2, 0.25) is 0 Å². The third kappa shape index (κ3) is 4.79. The molecule has 0 N–H and O–H groups in total. The molecule has 1 aliphatic heterocycles. The molecular formula is C22H25FN2O2. The highest BCUT2D eigenvalue weighted by atomic mass is 19.1. The zero-order chi connectivity index (χ0) is 19.4. The average Bonchev–Trinajstić information content (AvgIpc) is 2.67. The molecule has 142 valence electrons. The van der Waals surface area contributed by atoms with E-state index in [2.05, 4.69) is 4.98 Å². The molecule has 1 aromatic carbocycles. The SMILES string of the molecule is CC(C)CC(=O)[C@@H]1CCCN(C(=O)c2ccc(-c3cccc(F)c3)nc2)C1. The van der Waals surface area contributed by atoms with Crippen molar-refractivity contribution in [2.75, 3.05) is 13.1 Å². The summed E-state index contributed by atoms with van der Waals surface area (Å²) in [7, 11) is 0. The molecule has 2 heterocycles. The summed E-state index contributed by atoms with van der Waals surface area (Å²) in [4.78, 5) is 31.2. The minimum Gasteiger partial charge on any atom is -0.338 e. The quantitative estimate of drug-likeness (QED) is 0.788. The van der Waals surface area contributed by atoms with Gasteiger partial charge in [0.15, 0.2) is 0 Å². The molecule has 0 aliphatic carbocycles. The molecule has 1 aliphatic rings. The zero-order valence-electron chi connectivity index (χ0n) is 15.8. The first-order chi connectivity index (χ1) is 12.9. The number of likely N-dealkylation sites (tertiary alicyclic amines) is 1. The number of carbonyl (C=O) groups is 2. The Morgan fingerprint density at radius 3 is 2.74 bits per heavy atom. The van der Waals surface area contributed by atoms with Gasteiger partial charge in [0, 0.05) is 37.2 Å². The second kappa shape index (κ2) is 8.42. The van der Waals surface area contributed by atoms with Crippen molar-refractivity contribution in [3.8, 4) is 11.3 Å². The Morgan fingerprint density at radius 1 is 1.26 bits per heavy atom. The molecule has 0 bridgehead atoms. The lowest BCUT2D eigenvalue weighted by molar-refractivity contribution is -0.124. The number of nitrogens with zero attached hydrogens (tertiary/aromatic N) is 2. The molecule has 0 unspecified atom stereocenters. The third-order valence-corrected chi connectivity index (χ3v) is 4.90. The van der Waals surface area contributed by atoms with Crippen LogP contribution in [0.2, 0.25) is 0 Å². The highest BCUT2D eigenvalue weighted by Crippen LogP contribution is 2.23. The average molecular weight is 368 g/mol. The Balaban J connectivity index is 1.69. The number of amides is 1. The lowest BCUT2D eigenvalue weighted by Gasteiger charge is -2.32. The van der Waals surface area contributed by atoms with E-state index in [0.717, 1.165) is 12.8 Å². The van der Waals surface area contributed by atoms with Gasteiger partial charge in [-0.3, -0.25) is 14.6 Å². The number of benzene rings is 1. The molecule has 1 amide bonds. The topological polar surface area (TPSA) is 50.3 Å². The molecule has 0 radical (unpaired) electrons. The maximum atomic E-state index is 13.4. The predicted molar refractivity (Wildman–Crippen MR) is 103 cm³/mol. The Labute approximate surface area is 159 Å². The van der Waals surface area contributed by atoms with Gasteiger partial charge in [-0.1, -0.05) is 26.0 Å². The summed E-state index contributed by atoms with van der Waals surface area (Å²) in [6.45, 7) is 5.22. The molecule has 0 spiro atoms. The maximum Gasteiger partial charge on any atom is 0.255 e. The molecule has 1 aromatic heterocycles. The minimum absolute atomic E-state index is 0.0652. The number of rotatable bonds is 5. The fourth-order valence-corrected chi connectivity index (χ4v) is 3.51. The monoisotopic (exact) mass is 368 g/mol. The van der Waals surface area contributed by atoms with Crippen LogP contribution in [0.25, 0.3) is 11.3 Å². The van der Waals surface area contributed by atoms with Crippen LogP contribution in [-0.4, -0.2) is 34.7 Å². The van der Waals surface area contributed by atoms with Gasteiger partial charge in [-0.2, -0.15) is 0 Å². The van der Waals surface area contributed by atoms with Gasteiger partial charge in [-0.15, -0.1) is 0 Å². The molecule has 27 heavy (non-hydrogen) atoms. The summed E-state index contributed by atoms with van der Waals surface area (Å²) in [6, 6.07) is 9.66. The van der Waals surface area contributed by atoms with Crippen LogP contribution in [0, 0.1) is 17.7 Å². The molecule has 2 aromatic rings. The van der Waals surface area contributed by atoms with Crippen LogP contribution >= 0.6 is 0 Å². The standard InChI is InChI=1S/C22H25FN2O2/c1-15(2)11-21(26)18-6-4-10-25(14-18)22(27)17-8-9-20(24-13-17)16-5-3-7-19(23)12-16/h3,5,7-9,12-13,15,18H,4,6,10-11,14H2,1-2H3/t18-/m1/s1. The second-order valence-electron chi connectivity index (χ2n) is 7.60. The van der Waals surface area contributed by atoms with Crippen molar-refractivity contribution in [1.82, 2.24) is 9.88 Å². The fourth-order valence-electron chi connectivity index (χ4n) is 3.51. The van der Waals surface area contributed by atoms with Crippen LogP contribution in [0.5, 0.6) is 0 Å². The fraction of sp³-hybridized carbons (Fsp3) is 0.409. The van der Waals surface area contributed by atoms with Gasteiger partial charge < -0.3 is 4.90 Å². The van der Waals surface area contributed by atoms with Crippen LogP contribution in [-0.2, 0) is 4.79 Å². The van der Waals surface area contributed by atoms with Gasteiger partial charge in [0.25, 0.3) is 5.91 Å².